The van der Waals surface area contributed by atoms with Gasteiger partial charge in [0.2, 0.25) is 0 Å². The topological polar surface area (TPSA) is 73.7 Å². The molecule has 1 fully saturated rings. The number of β-amino-alcohol motifs (C(OH)–C–C–N with tert-alkyl or cyclic N) is 1. The molecule has 1 aliphatic rings. The summed E-state index contributed by atoms with van der Waals surface area (Å²) in [6, 6.07) is 3.92. The standard InChI is InChI=1S/C13H14N2O3S/c16-12(17)13(18)4-1-6-15(8-13)11-9-3-7-19-10(9)2-5-14-11/h2-3,5,7,18H,1,4,6,8H2,(H,16,17). The van der Waals surface area contributed by atoms with Crippen LogP contribution in [0.15, 0.2) is 23.7 Å². The molecule has 1 saturated heterocycles. The summed E-state index contributed by atoms with van der Waals surface area (Å²) in [7, 11) is 0. The van der Waals surface area contributed by atoms with E-state index in [9.17, 15) is 9.90 Å². The highest BCUT2D eigenvalue weighted by atomic mass is 32.1. The molecule has 5 nitrogen and oxygen atoms in total. The molecule has 1 atom stereocenters. The number of hydrogen-bond donors (Lipinski definition) is 2. The van der Waals surface area contributed by atoms with Crippen molar-refractivity contribution in [3.05, 3.63) is 23.7 Å². The normalized spacial score (nSPS) is 23.7. The second kappa shape index (κ2) is 4.47. The van der Waals surface area contributed by atoms with Gasteiger partial charge in [-0.25, -0.2) is 9.78 Å². The number of carbonyl (C=O) groups is 1. The van der Waals surface area contributed by atoms with Gasteiger partial charge in [-0.3, -0.25) is 0 Å². The van der Waals surface area contributed by atoms with Gasteiger partial charge in [0.25, 0.3) is 0 Å². The van der Waals surface area contributed by atoms with Gasteiger partial charge in [0.1, 0.15) is 5.82 Å². The van der Waals surface area contributed by atoms with Crippen molar-refractivity contribution in [2.45, 2.75) is 18.4 Å². The van der Waals surface area contributed by atoms with Crippen LogP contribution < -0.4 is 4.90 Å². The summed E-state index contributed by atoms with van der Waals surface area (Å²) < 4.78 is 1.12. The molecule has 2 aromatic heterocycles. The molecule has 3 rings (SSSR count). The predicted molar refractivity (Wildman–Crippen MR) is 73.7 cm³/mol. The van der Waals surface area contributed by atoms with Gasteiger partial charge in [0, 0.05) is 22.8 Å². The average molecular weight is 278 g/mol. The first-order valence-corrected chi connectivity index (χ1v) is 7.01. The van der Waals surface area contributed by atoms with Gasteiger partial charge in [-0.1, -0.05) is 0 Å². The zero-order valence-electron chi connectivity index (χ0n) is 10.2. The fourth-order valence-corrected chi connectivity index (χ4v) is 3.30. The van der Waals surface area contributed by atoms with E-state index in [1.807, 2.05) is 22.4 Å². The minimum Gasteiger partial charge on any atom is -0.479 e. The molecule has 2 aromatic rings. The number of fused-ring (bicyclic) bond motifs is 1. The Kier molecular flexibility index (Phi) is 2.91. The Hall–Kier alpha value is -1.66. The number of aliphatic carboxylic acids is 1. The van der Waals surface area contributed by atoms with Crippen LogP contribution >= 0.6 is 11.3 Å². The Morgan fingerprint density at radius 2 is 2.32 bits per heavy atom. The lowest BCUT2D eigenvalue weighted by molar-refractivity contribution is -0.159. The molecular formula is C13H14N2O3S. The molecule has 3 heterocycles. The predicted octanol–water partition coefficient (Wildman–Crippen LogP) is 1.71. The van der Waals surface area contributed by atoms with Crippen LogP contribution in [0, 0.1) is 0 Å². The highest BCUT2D eigenvalue weighted by Crippen LogP contribution is 2.32. The van der Waals surface area contributed by atoms with Crippen molar-refractivity contribution in [2.24, 2.45) is 0 Å². The van der Waals surface area contributed by atoms with Crippen LogP contribution in [-0.2, 0) is 4.79 Å². The van der Waals surface area contributed by atoms with E-state index in [2.05, 4.69) is 4.98 Å². The third kappa shape index (κ3) is 2.06. The Balaban J connectivity index is 1.98. The van der Waals surface area contributed by atoms with Gasteiger partial charge in [0.15, 0.2) is 5.60 Å². The fourth-order valence-electron chi connectivity index (χ4n) is 2.52. The summed E-state index contributed by atoms with van der Waals surface area (Å²) in [6.07, 6.45) is 2.66. The van der Waals surface area contributed by atoms with E-state index in [0.29, 0.717) is 12.8 Å². The quantitative estimate of drug-likeness (QED) is 0.875. The van der Waals surface area contributed by atoms with Crippen LogP contribution in [0.3, 0.4) is 0 Å². The highest BCUT2D eigenvalue weighted by molar-refractivity contribution is 7.17. The van der Waals surface area contributed by atoms with Gasteiger partial charge in [-0.05, 0) is 30.4 Å². The van der Waals surface area contributed by atoms with Crippen LogP contribution in [0.25, 0.3) is 10.1 Å². The van der Waals surface area contributed by atoms with Crippen molar-refractivity contribution in [1.29, 1.82) is 0 Å². The summed E-state index contributed by atoms with van der Waals surface area (Å²) in [5, 5.41) is 22.3. The monoisotopic (exact) mass is 278 g/mol. The number of carboxylic acid groups (broad SMARTS) is 1. The number of anilines is 1. The molecule has 19 heavy (non-hydrogen) atoms. The van der Waals surface area contributed by atoms with E-state index in [-0.39, 0.29) is 6.54 Å². The first-order valence-electron chi connectivity index (χ1n) is 6.13. The van der Waals surface area contributed by atoms with Gasteiger partial charge < -0.3 is 15.1 Å². The number of nitrogens with zero attached hydrogens (tertiary/aromatic N) is 2. The molecule has 0 spiro atoms. The molecular weight excluding hydrogens is 264 g/mol. The van der Waals surface area contributed by atoms with E-state index >= 15 is 0 Å². The minimum absolute atomic E-state index is 0.0876. The largest absolute Gasteiger partial charge is 0.479 e. The van der Waals surface area contributed by atoms with Crippen LogP contribution in [0.5, 0.6) is 0 Å². The molecule has 0 amide bonds. The van der Waals surface area contributed by atoms with Crippen LogP contribution in [0.2, 0.25) is 0 Å². The lowest BCUT2D eigenvalue weighted by Gasteiger charge is -2.37. The van der Waals surface area contributed by atoms with E-state index in [1.54, 1.807) is 17.5 Å². The van der Waals surface area contributed by atoms with Crippen LogP contribution in [-0.4, -0.2) is 39.9 Å². The maximum absolute atomic E-state index is 11.2. The fraction of sp³-hybridized carbons (Fsp3) is 0.385. The van der Waals surface area contributed by atoms with Crippen LogP contribution in [0.4, 0.5) is 5.82 Å². The summed E-state index contributed by atoms with van der Waals surface area (Å²) in [5.41, 5.74) is -1.67. The van der Waals surface area contributed by atoms with Gasteiger partial charge in [-0.15, -0.1) is 11.3 Å². The van der Waals surface area contributed by atoms with Crippen LogP contribution in [0.1, 0.15) is 12.8 Å². The summed E-state index contributed by atoms with van der Waals surface area (Å²) in [6.45, 7) is 0.807. The number of carboxylic acids is 1. The summed E-state index contributed by atoms with van der Waals surface area (Å²) in [5.74, 6) is -0.396. The Bertz CT molecular complexity index is 627. The summed E-state index contributed by atoms with van der Waals surface area (Å²) >= 11 is 1.63. The number of piperidine rings is 1. The summed E-state index contributed by atoms with van der Waals surface area (Å²) in [4.78, 5) is 17.4. The molecule has 1 aliphatic heterocycles. The third-order valence-electron chi connectivity index (χ3n) is 3.53. The van der Waals surface area contributed by atoms with E-state index in [0.717, 1.165) is 22.4 Å². The van der Waals surface area contributed by atoms with Crippen molar-refractivity contribution in [2.75, 3.05) is 18.0 Å². The van der Waals surface area contributed by atoms with Crippen molar-refractivity contribution in [1.82, 2.24) is 4.98 Å². The SMILES string of the molecule is O=C(O)C1(O)CCCN(c2nccc3sccc23)C1. The van der Waals surface area contributed by atoms with Gasteiger partial charge >= 0.3 is 5.97 Å². The average Bonchev–Trinajstić information content (AvgIpc) is 2.86. The molecule has 6 heteroatoms. The smallest absolute Gasteiger partial charge is 0.337 e. The maximum Gasteiger partial charge on any atom is 0.337 e. The highest BCUT2D eigenvalue weighted by Gasteiger charge is 2.41. The minimum atomic E-state index is -1.67. The van der Waals surface area contributed by atoms with Crippen molar-refractivity contribution >= 4 is 33.2 Å². The zero-order chi connectivity index (χ0) is 13.5. The molecule has 1 unspecified atom stereocenters. The lowest BCUT2D eigenvalue weighted by Crippen LogP contribution is -2.53. The van der Waals surface area contributed by atoms with E-state index in [1.165, 1.54) is 0 Å². The van der Waals surface area contributed by atoms with Crippen molar-refractivity contribution in [3.8, 4) is 0 Å². The number of thiophene rings is 1. The van der Waals surface area contributed by atoms with Gasteiger partial charge in [-0.2, -0.15) is 0 Å². The molecule has 0 aromatic carbocycles. The molecule has 0 radical (unpaired) electrons. The number of pyridine rings is 1. The molecule has 0 aliphatic carbocycles. The number of rotatable bonds is 2. The lowest BCUT2D eigenvalue weighted by atomic mass is 9.93. The number of hydrogen-bond acceptors (Lipinski definition) is 5. The van der Waals surface area contributed by atoms with Gasteiger partial charge in [0.05, 0.1) is 6.54 Å². The number of aromatic nitrogens is 1. The first-order chi connectivity index (χ1) is 9.10. The molecule has 0 saturated carbocycles. The van der Waals surface area contributed by atoms with Crippen molar-refractivity contribution in [3.63, 3.8) is 0 Å². The van der Waals surface area contributed by atoms with E-state index < -0.39 is 11.6 Å². The van der Waals surface area contributed by atoms with Crippen molar-refractivity contribution < 1.29 is 15.0 Å². The second-order valence-electron chi connectivity index (χ2n) is 4.83. The maximum atomic E-state index is 11.2. The Labute approximate surface area is 114 Å². The molecule has 0 bridgehead atoms. The Morgan fingerprint density at radius 1 is 1.47 bits per heavy atom. The molecule has 2 N–H and O–H groups in total. The third-order valence-corrected chi connectivity index (χ3v) is 4.41. The number of aliphatic hydroxyl groups is 1. The first kappa shape index (κ1) is 12.4. The second-order valence-corrected chi connectivity index (χ2v) is 5.78. The zero-order valence-corrected chi connectivity index (χ0v) is 11.1. The van der Waals surface area contributed by atoms with E-state index in [4.69, 9.17) is 5.11 Å². The Morgan fingerprint density at radius 3 is 3.11 bits per heavy atom. The molecule has 100 valence electrons.